The number of thiophene rings is 1. The quantitative estimate of drug-likeness (QED) is 0.870. The van der Waals surface area contributed by atoms with Crippen LogP contribution in [0.15, 0.2) is 17.5 Å². The van der Waals surface area contributed by atoms with Crippen LogP contribution in [0, 0.1) is 0 Å². The van der Waals surface area contributed by atoms with Gasteiger partial charge in [0.2, 0.25) is 0 Å². The number of ether oxygens (including phenoxy) is 1. The zero-order chi connectivity index (χ0) is 15.9. The van der Waals surface area contributed by atoms with Crippen LogP contribution in [0.4, 0.5) is 4.79 Å². The third kappa shape index (κ3) is 4.97. The van der Waals surface area contributed by atoms with Crippen molar-refractivity contribution < 1.29 is 9.53 Å². The number of morpholine rings is 1. The van der Waals surface area contributed by atoms with Gasteiger partial charge in [0.15, 0.2) is 0 Å². The van der Waals surface area contributed by atoms with Gasteiger partial charge < -0.3 is 15.0 Å². The molecule has 1 aliphatic heterocycles. The van der Waals surface area contributed by atoms with Crippen molar-refractivity contribution in [1.29, 1.82) is 0 Å². The standard InChI is InChI=1S/C16H27N3O2S/c1-13(19-8-9-21-12-14(19)2)11-17-16(20)18(3)7-6-15-5-4-10-22-15/h4-5,10,13-14H,6-9,11-12H2,1-3H3,(H,17,20)/t13-,14+/m1/s1. The summed E-state index contributed by atoms with van der Waals surface area (Å²) in [5.74, 6) is 0. The van der Waals surface area contributed by atoms with Crippen LogP contribution in [-0.2, 0) is 11.2 Å². The van der Waals surface area contributed by atoms with Gasteiger partial charge in [0.1, 0.15) is 0 Å². The van der Waals surface area contributed by atoms with E-state index in [4.69, 9.17) is 4.74 Å². The number of likely N-dealkylation sites (N-methyl/N-ethyl adjacent to an activating group) is 1. The molecule has 0 unspecified atom stereocenters. The van der Waals surface area contributed by atoms with Gasteiger partial charge in [0.05, 0.1) is 13.2 Å². The fourth-order valence-corrected chi connectivity index (χ4v) is 3.41. The number of carbonyl (C=O) groups excluding carboxylic acids is 1. The predicted molar refractivity (Wildman–Crippen MR) is 90.5 cm³/mol. The zero-order valence-electron chi connectivity index (χ0n) is 13.7. The fraction of sp³-hybridized carbons (Fsp3) is 0.688. The molecule has 1 fully saturated rings. The maximum absolute atomic E-state index is 12.1. The van der Waals surface area contributed by atoms with Crippen molar-refractivity contribution in [3.63, 3.8) is 0 Å². The second-order valence-electron chi connectivity index (χ2n) is 5.95. The van der Waals surface area contributed by atoms with E-state index >= 15 is 0 Å². The molecule has 1 aromatic heterocycles. The molecule has 1 aromatic rings. The number of amides is 2. The molecule has 0 bridgehead atoms. The molecular weight excluding hydrogens is 298 g/mol. The third-order valence-corrected chi connectivity index (χ3v) is 5.09. The van der Waals surface area contributed by atoms with Gasteiger partial charge in [0.25, 0.3) is 0 Å². The summed E-state index contributed by atoms with van der Waals surface area (Å²) in [7, 11) is 1.85. The van der Waals surface area contributed by atoms with E-state index in [1.165, 1.54) is 4.88 Å². The summed E-state index contributed by atoms with van der Waals surface area (Å²) < 4.78 is 5.46. The van der Waals surface area contributed by atoms with Crippen LogP contribution in [0.5, 0.6) is 0 Å². The molecule has 22 heavy (non-hydrogen) atoms. The smallest absolute Gasteiger partial charge is 0.317 e. The highest BCUT2D eigenvalue weighted by Crippen LogP contribution is 2.11. The average Bonchev–Trinajstić information content (AvgIpc) is 3.03. The molecule has 6 heteroatoms. The monoisotopic (exact) mass is 325 g/mol. The molecule has 2 amide bonds. The highest BCUT2D eigenvalue weighted by Gasteiger charge is 2.24. The molecular formula is C16H27N3O2S. The highest BCUT2D eigenvalue weighted by atomic mass is 32.1. The Morgan fingerprint density at radius 2 is 2.45 bits per heavy atom. The molecule has 0 radical (unpaired) electrons. The summed E-state index contributed by atoms with van der Waals surface area (Å²) in [5, 5.41) is 5.11. The van der Waals surface area contributed by atoms with Gasteiger partial charge in [-0.15, -0.1) is 11.3 Å². The number of rotatable bonds is 6. The van der Waals surface area contributed by atoms with Crippen LogP contribution in [0.1, 0.15) is 18.7 Å². The minimum Gasteiger partial charge on any atom is -0.379 e. The van der Waals surface area contributed by atoms with Crippen LogP contribution < -0.4 is 5.32 Å². The van der Waals surface area contributed by atoms with Crippen LogP contribution in [0.3, 0.4) is 0 Å². The Hall–Kier alpha value is -1.11. The van der Waals surface area contributed by atoms with Crippen LogP contribution >= 0.6 is 11.3 Å². The summed E-state index contributed by atoms with van der Waals surface area (Å²) >= 11 is 1.74. The molecule has 0 aliphatic carbocycles. The van der Waals surface area contributed by atoms with E-state index in [1.807, 2.05) is 13.1 Å². The number of carbonyl (C=O) groups is 1. The number of urea groups is 1. The van der Waals surface area contributed by atoms with Gasteiger partial charge in [0, 0.05) is 43.6 Å². The van der Waals surface area contributed by atoms with E-state index in [2.05, 4.69) is 35.5 Å². The Morgan fingerprint density at radius 1 is 1.64 bits per heavy atom. The number of hydrogen-bond acceptors (Lipinski definition) is 4. The Morgan fingerprint density at radius 3 is 3.14 bits per heavy atom. The van der Waals surface area contributed by atoms with Gasteiger partial charge in [-0.3, -0.25) is 4.90 Å². The first-order chi connectivity index (χ1) is 10.6. The molecule has 0 spiro atoms. The first-order valence-corrected chi connectivity index (χ1v) is 8.80. The van der Waals surface area contributed by atoms with Crippen LogP contribution in [-0.4, -0.2) is 67.8 Å². The van der Waals surface area contributed by atoms with Crippen molar-refractivity contribution >= 4 is 17.4 Å². The zero-order valence-corrected chi connectivity index (χ0v) is 14.6. The minimum absolute atomic E-state index is 0.00400. The largest absolute Gasteiger partial charge is 0.379 e. The summed E-state index contributed by atoms with van der Waals surface area (Å²) in [4.78, 5) is 17.6. The van der Waals surface area contributed by atoms with E-state index in [0.717, 1.165) is 32.7 Å². The first kappa shape index (κ1) is 17.2. The fourth-order valence-electron chi connectivity index (χ4n) is 2.72. The van der Waals surface area contributed by atoms with Crippen LogP contribution in [0.25, 0.3) is 0 Å². The molecule has 1 N–H and O–H groups in total. The van der Waals surface area contributed by atoms with Crippen molar-refractivity contribution in [2.24, 2.45) is 0 Å². The Bertz CT molecular complexity index is 452. The summed E-state index contributed by atoms with van der Waals surface area (Å²) in [6, 6.07) is 4.90. The van der Waals surface area contributed by atoms with E-state index in [-0.39, 0.29) is 6.03 Å². The van der Waals surface area contributed by atoms with Gasteiger partial charge in [-0.2, -0.15) is 0 Å². The summed E-state index contributed by atoms with van der Waals surface area (Å²) in [5.41, 5.74) is 0. The topological polar surface area (TPSA) is 44.8 Å². The first-order valence-electron chi connectivity index (χ1n) is 7.92. The van der Waals surface area contributed by atoms with Crippen molar-refractivity contribution in [2.75, 3.05) is 39.9 Å². The molecule has 0 saturated carbocycles. The second-order valence-corrected chi connectivity index (χ2v) is 6.98. The number of nitrogens with zero attached hydrogens (tertiary/aromatic N) is 2. The van der Waals surface area contributed by atoms with Crippen molar-refractivity contribution in [3.8, 4) is 0 Å². The second kappa shape index (κ2) is 8.50. The lowest BCUT2D eigenvalue weighted by Crippen LogP contribution is -2.52. The summed E-state index contributed by atoms with van der Waals surface area (Å²) in [6.45, 7) is 8.24. The lowest BCUT2D eigenvalue weighted by Gasteiger charge is -2.38. The third-order valence-electron chi connectivity index (χ3n) is 4.15. The maximum atomic E-state index is 12.1. The number of nitrogens with one attached hydrogen (secondary N) is 1. The van der Waals surface area contributed by atoms with Gasteiger partial charge in [-0.05, 0) is 31.7 Å². The van der Waals surface area contributed by atoms with Gasteiger partial charge in [-0.25, -0.2) is 4.79 Å². The molecule has 1 aliphatic rings. The minimum atomic E-state index is 0.00400. The van der Waals surface area contributed by atoms with E-state index in [9.17, 15) is 4.79 Å². The van der Waals surface area contributed by atoms with Crippen molar-refractivity contribution in [2.45, 2.75) is 32.4 Å². The van der Waals surface area contributed by atoms with Crippen molar-refractivity contribution in [1.82, 2.24) is 15.1 Å². The normalized spacial score (nSPS) is 20.6. The van der Waals surface area contributed by atoms with Crippen LogP contribution in [0.2, 0.25) is 0 Å². The number of hydrogen-bond donors (Lipinski definition) is 1. The lowest BCUT2D eigenvalue weighted by molar-refractivity contribution is -0.0177. The molecule has 2 atom stereocenters. The summed E-state index contributed by atoms with van der Waals surface area (Å²) in [6.07, 6.45) is 0.914. The molecule has 2 rings (SSSR count). The van der Waals surface area contributed by atoms with Gasteiger partial charge in [-0.1, -0.05) is 6.07 Å². The average molecular weight is 325 g/mol. The molecule has 1 saturated heterocycles. The molecule has 2 heterocycles. The van der Waals surface area contributed by atoms with Gasteiger partial charge >= 0.3 is 6.03 Å². The maximum Gasteiger partial charge on any atom is 0.317 e. The Labute approximate surface area is 137 Å². The highest BCUT2D eigenvalue weighted by molar-refractivity contribution is 7.09. The SMILES string of the molecule is C[C@H](CNC(=O)N(C)CCc1cccs1)N1CCOC[C@@H]1C. The lowest BCUT2D eigenvalue weighted by atomic mass is 10.2. The molecule has 124 valence electrons. The van der Waals surface area contributed by atoms with Crippen molar-refractivity contribution in [3.05, 3.63) is 22.4 Å². The van der Waals surface area contributed by atoms with E-state index in [0.29, 0.717) is 18.6 Å². The van der Waals surface area contributed by atoms with E-state index < -0.39 is 0 Å². The Kier molecular flexibility index (Phi) is 6.67. The van der Waals surface area contributed by atoms with E-state index in [1.54, 1.807) is 16.2 Å². The molecule has 5 nitrogen and oxygen atoms in total. The predicted octanol–water partition coefficient (Wildman–Crippen LogP) is 2.04. The molecule has 0 aromatic carbocycles. The Balaban J connectivity index is 1.69.